The number of urea groups is 1. The third-order valence-corrected chi connectivity index (χ3v) is 1.92. The van der Waals surface area contributed by atoms with Crippen molar-refractivity contribution < 1.29 is 19.4 Å². The van der Waals surface area contributed by atoms with Crippen LogP contribution in [0, 0.1) is 5.92 Å². The molecule has 0 radical (unpaired) electrons. The van der Waals surface area contributed by atoms with Gasteiger partial charge in [-0.15, -0.1) is 0 Å². The maximum absolute atomic E-state index is 11.2. The molecule has 0 aliphatic heterocycles. The predicted molar refractivity (Wildman–Crippen MR) is 63.9 cm³/mol. The summed E-state index contributed by atoms with van der Waals surface area (Å²) in [4.78, 5) is 21.6. The number of amides is 2. The molecule has 0 aromatic rings. The molecule has 3 N–H and O–H groups in total. The van der Waals surface area contributed by atoms with Crippen LogP contribution in [0.15, 0.2) is 0 Å². The summed E-state index contributed by atoms with van der Waals surface area (Å²) in [6.07, 6.45) is 0.710. The van der Waals surface area contributed by atoms with E-state index >= 15 is 0 Å². The van der Waals surface area contributed by atoms with E-state index in [1.807, 2.05) is 0 Å². The van der Waals surface area contributed by atoms with Crippen molar-refractivity contribution in [1.82, 2.24) is 10.6 Å². The summed E-state index contributed by atoms with van der Waals surface area (Å²) in [5.74, 6) is -0.553. The van der Waals surface area contributed by atoms with Crippen molar-refractivity contribution in [3.8, 4) is 0 Å². The molecule has 0 aliphatic carbocycles. The van der Waals surface area contributed by atoms with Gasteiger partial charge in [0.2, 0.25) is 0 Å². The monoisotopic (exact) mass is 246 g/mol. The second kappa shape index (κ2) is 8.81. The van der Waals surface area contributed by atoms with Crippen LogP contribution in [0.5, 0.6) is 0 Å². The van der Waals surface area contributed by atoms with Gasteiger partial charge in [-0.25, -0.2) is 4.79 Å². The first-order valence-corrected chi connectivity index (χ1v) is 5.78. The highest BCUT2D eigenvalue weighted by atomic mass is 16.5. The Morgan fingerprint density at radius 1 is 1.29 bits per heavy atom. The fourth-order valence-electron chi connectivity index (χ4n) is 1.00. The lowest BCUT2D eigenvalue weighted by atomic mass is 10.2. The number of nitrogens with one attached hydrogen (secondary N) is 2. The van der Waals surface area contributed by atoms with Crippen LogP contribution in [0.25, 0.3) is 0 Å². The average molecular weight is 246 g/mol. The first-order chi connectivity index (χ1) is 7.93. The molecular formula is C11H22N2O4. The SMILES string of the molecule is CC(C)COCCCNC(=O)N[C@@H](C)C(=O)O. The lowest BCUT2D eigenvalue weighted by molar-refractivity contribution is -0.138. The highest BCUT2D eigenvalue weighted by Crippen LogP contribution is 1.92. The zero-order chi connectivity index (χ0) is 13.3. The quantitative estimate of drug-likeness (QED) is 0.553. The summed E-state index contributed by atoms with van der Waals surface area (Å²) in [6, 6.07) is -1.35. The first-order valence-electron chi connectivity index (χ1n) is 5.78. The van der Waals surface area contributed by atoms with Crippen LogP contribution >= 0.6 is 0 Å². The molecule has 0 aliphatic rings. The molecule has 0 rings (SSSR count). The number of ether oxygens (including phenoxy) is 1. The van der Waals surface area contributed by atoms with Gasteiger partial charge in [0.05, 0.1) is 0 Å². The summed E-state index contributed by atoms with van der Waals surface area (Å²) in [7, 11) is 0. The molecule has 0 aromatic carbocycles. The minimum absolute atomic E-state index is 0.469. The Morgan fingerprint density at radius 3 is 2.47 bits per heavy atom. The van der Waals surface area contributed by atoms with Crippen LogP contribution in [0.1, 0.15) is 27.2 Å². The van der Waals surface area contributed by atoms with Crippen molar-refractivity contribution in [3.63, 3.8) is 0 Å². The molecule has 0 unspecified atom stereocenters. The van der Waals surface area contributed by atoms with Crippen LogP contribution in [0.3, 0.4) is 0 Å². The van der Waals surface area contributed by atoms with Gasteiger partial charge in [-0.05, 0) is 19.3 Å². The van der Waals surface area contributed by atoms with E-state index in [4.69, 9.17) is 9.84 Å². The maximum atomic E-state index is 11.2. The largest absolute Gasteiger partial charge is 0.480 e. The van der Waals surface area contributed by atoms with Gasteiger partial charge < -0.3 is 20.5 Å². The van der Waals surface area contributed by atoms with Crippen LogP contribution in [0.4, 0.5) is 4.79 Å². The summed E-state index contributed by atoms with van der Waals surface area (Å²) in [5, 5.41) is 13.4. The van der Waals surface area contributed by atoms with Crippen molar-refractivity contribution >= 4 is 12.0 Å². The molecule has 0 aromatic heterocycles. The predicted octanol–water partition coefficient (Wildman–Crippen LogP) is 0.821. The van der Waals surface area contributed by atoms with Crippen molar-refractivity contribution in [1.29, 1.82) is 0 Å². The molecule has 0 heterocycles. The summed E-state index contributed by atoms with van der Waals surface area (Å²) >= 11 is 0. The number of aliphatic carboxylic acids is 1. The number of carboxylic acid groups (broad SMARTS) is 1. The molecule has 2 amide bonds. The zero-order valence-corrected chi connectivity index (χ0v) is 10.7. The van der Waals surface area contributed by atoms with E-state index in [1.54, 1.807) is 0 Å². The highest BCUT2D eigenvalue weighted by Gasteiger charge is 2.12. The number of hydrogen-bond donors (Lipinski definition) is 3. The Kier molecular flexibility index (Phi) is 8.13. The lowest BCUT2D eigenvalue weighted by Crippen LogP contribution is -2.44. The molecule has 100 valence electrons. The normalized spacial score (nSPS) is 12.2. The van der Waals surface area contributed by atoms with Gasteiger partial charge in [0, 0.05) is 19.8 Å². The maximum Gasteiger partial charge on any atom is 0.325 e. The number of rotatable bonds is 8. The van der Waals surface area contributed by atoms with E-state index in [2.05, 4.69) is 24.5 Å². The molecule has 6 nitrogen and oxygen atoms in total. The van der Waals surface area contributed by atoms with Gasteiger partial charge in [0.15, 0.2) is 0 Å². The molecule has 0 spiro atoms. The smallest absolute Gasteiger partial charge is 0.325 e. The number of carbonyl (C=O) groups is 2. The number of carboxylic acids is 1. The van der Waals surface area contributed by atoms with Crippen molar-refractivity contribution in [2.24, 2.45) is 5.92 Å². The van der Waals surface area contributed by atoms with Crippen molar-refractivity contribution in [3.05, 3.63) is 0 Å². The number of hydrogen-bond acceptors (Lipinski definition) is 3. The highest BCUT2D eigenvalue weighted by molar-refractivity contribution is 5.82. The standard InChI is InChI=1S/C11H22N2O4/c1-8(2)7-17-6-4-5-12-11(16)13-9(3)10(14)15/h8-9H,4-7H2,1-3H3,(H,14,15)(H2,12,13,16)/t9-/m0/s1. The number of carbonyl (C=O) groups excluding carboxylic acids is 1. The van der Waals surface area contributed by atoms with Gasteiger partial charge >= 0.3 is 12.0 Å². The van der Waals surface area contributed by atoms with E-state index < -0.39 is 18.0 Å². The molecule has 6 heteroatoms. The molecule has 0 fully saturated rings. The molecule has 0 saturated heterocycles. The van der Waals surface area contributed by atoms with Crippen molar-refractivity contribution in [2.75, 3.05) is 19.8 Å². The second-order valence-corrected chi connectivity index (χ2v) is 4.28. The van der Waals surface area contributed by atoms with E-state index in [0.29, 0.717) is 32.1 Å². The Balaban J connectivity index is 3.43. The molecule has 17 heavy (non-hydrogen) atoms. The van der Waals surface area contributed by atoms with Crippen LogP contribution in [-0.4, -0.2) is 42.9 Å². The fraction of sp³-hybridized carbons (Fsp3) is 0.818. The Morgan fingerprint density at radius 2 is 1.94 bits per heavy atom. The molecular weight excluding hydrogens is 224 g/mol. The Bertz CT molecular complexity index is 244. The first kappa shape index (κ1) is 15.7. The lowest BCUT2D eigenvalue weighted by Gasteiger charge is -2.11. The summed E-state index contributed by atoms with van der Waals surface area (Å²) in [6.45, 7) is 7.32. The van der Waals surface area contributed by atoms with Gasteiger partial charge in [-0.2, -0.15) is 0 Å². The Labute approximate surface area is 102 Å². The van der Waals surface area contributed by atoms with E-state index in [0.717, 1.165) is 0 Å². The van der Waals surface area contributed by atoms with Gasteiger partial charge in [0.25, 0.3) is 0 Å². The summed E-state index contributed by atoms with van der Waals surface area (Å²) < 4.78 is 5.33. The third kappa shape index (κ3) is 9.62. The minimum Gasteiger partial charge on any atom is -0.480 e. The Hall–Kier alpha value is -1.30. The van der Waals surface area contributed by atoms with Gasteiger partial charge in [0.1, 0.15) is 6.04 Å². The second-order valence-electron chi connectivity index (χ2n) is 4.28. The fourth-order valence-corrected chi connectivity index (χ4v) is 1.00. The van der Waals surface area contributed by atoms with E-state index in [-0.39, 0.29) is 0 Å². The van der Waals surface area contributed by atoms with Gasteiger partial charge in [-0.3, -0.25) is 4.79 Å². The minimum atomic E-state index is -1.06. The molecule has 0 saturated carbocycles. The topological polar surface area (TPSA) is 87.7 Å². The van der Waals surface area contributed by atoms with Crippen molar-refractivity contribution in [2.45, 2.75) is 33.2 Å². The van der Waals surface area contributed by atoms with Crippen LogP contribution in [0.2, 0.25) is 0 Å². The van der Waals surface area contributed by atoms with Crippen LogP contribution in [-0.2, 0) is 9.53 Å². The zero-order valence-electron chi connectivity index (χ0n) is 10.7. The van der Waals surface area contributed by atoms with Gasteiger partial charge in [-0.1, -0.05) is 13.8 Å². The van der Waals surface area contributed by atoms with E-state index in [9.17, 15) is 9.59 Å². The third-order valence-electron chi connectivity index (χ3n) is 1.92. The molecule has 1 atom stereocenters. The average Bonchev–Trinajstić information content (AvgIpc) is 2.22. The molecule has 0 bridgehead atoms. The van der Waals surface area contributed by atoms with Crippen LogP contribution < -0.4 is 10.6 Å². The van der Waals surface area contributed by atoms with E-state index in [1.165, 1.54) is 6.92 Å². The summed E-state index contributed by atoms with van der Waals surface area (Å²) in [5.41, 5.74) is 0.